The highest BCUT2D eigenvalue weighted by atomic mass is 16.1. The zero-order valence-corrected chi connectivity index (χ0v) is 9.44. The highest BCUT2D eigenvalue weighted by molar-refractivity contribution is 5.99. The Morgan fingerprint density at radius 2 is 2.19 bits per heavy atom. The summed E-state index contributed by atoms with van der Waals surface area (Å²) < 4.78 is 0. The van der Waals surface area contributed by atoms with Gasteiger partial charge in [-0.3, -0.25) is 9.78 Å². The van der Waals surface area contributed by atoms with Crippen LogP contribution in [0.2, 0.25) is 0 Å². The Labute approximate surface area is 96.0 Å². The largest absolute Gasteiger partial charge is 0.294 e. The van der Waals surface area contributed by atoms with Crippen LogP contribution in [0.1, 0.15) is 11.3 Å². The molecule has 0 fully saturated rings. The fraction of sp³-hybridized carbons (Fsp3) is 0.143. The number of carbonyl (C=O) groups excluding carboxylic acids is 1. The maximum atomic E-state index is 11.8. The minimum absolute atomic E-state index is 0.00579. The van der Waals surface area contributed by atoms with Crippen LogP contribution in [0, 0.1) is 6.92 Å². The molecule has 2 nitrogen and oxygen atoms in total. The Hall–Kier alpha value is -1.96. The zero-order valence-electron chi connectivity index (χ0n) is 9.44. The van der Waals surface area contributed by atoms with Crippen LogP contribution < -0.4 is 0 Å². The fourth-order valence-electron chi connectivity index (χ4n) is 1.27. The van der Waals surface area contributed by atoms with Crippen molar-refractivity contribution in [3.63, 3.8) is 0 Å². The van der Waals surface area contributed by atoms with Gasteiger partial charge in [0.25, 0.3) is 0 Å². The first-order valence-corrected chi connectivity index (χ1v) is 5.07. The van der Waals surface area contributed by atoms with Gasteiger partial charge in [-0.25, -0.2) is 0 Å². The van der Waals surface area contributed by atoms with Crippen molar-refractivity contribution >= 4 is 5.78 Å². The molecule has 0 aliphatic heterocycles. The molecule has 0 aliphatic carbocycles. The van der Waals surface area contributed by atoms with E-state index >= 15 is 0 Å². The molecule has 0 saturated carbocycles. The van der Waals surface area contributed by atoms with E-state index in [2.05, 4.69) is 18.1 Å². The van der Waals surface area contributed by atoms with Crippen molar-refractivity contribution < 1.29 is 4.79 Å². The molecule has 1 aromatic rings. The Kier molecular flexibility index (Phi) is 4.40. The van der Waals surface area contributed by atoms with Gasteiger partial charge in [-0.1, -0.05) is 37.5 Å². The molecular weight excluding hydrogens is 198 g/mol. The molecule has 82 valence electrons. The van der Waals surface area contributed by atoms with Crippen molar-refractivity contribution in [2.75, 3.05) is 0 Å². The number of aromatic nitrogens is 1. The molecule has 16 heavy (non-hydrogen) atoms. The molecule has 0 radical (unpaired) electrons. The summed E-state index contributed by atoms with van der Waals surface area (Å²) in [5.74, 6) is 0.00579. The molecule has 0 atom stereocenters. The minimum Gasteiger partial charge on any atom is -0.294 e. The number of carbonyl (C=O) groups is 1. The third-order valence-corrected chi connectivity index (χ3v) is 2.15. The van der Waals surface area contributed by atoms with Crippen molar-refractivity contribution in [1.82, 2.24) is 4.98 Å². The van der Waals surface area contributed by atoms with Gasteiger partial charge in [0.15, 0.2) is 5.78 Å². The van der Waals surface area contributed by atoms with Gasteiger partial charge in [0.05, 0.1) is 6.42 Å². The van der Waals surface area contributed by atoms with E-state index in [0.717, 1.165) is 11.3 Å². The molecule has 1 aromatic heterocycles. The maximum absolute atomic E-state index is 11.8. The van der Waals surface area contributed by atoms with Crippen molar-refractivity contribution in [3.05, 3.63) is 66.5 Å². The van der Waals surface area contributed by atoms with Crippen molar-refractivity contribution in [2.24, 2.45) is 0 Å². The lowest BCUT2D eigenvalue weighted by Gasteiger charge is -2.01. The van der Waals surface area contributed by atoms with Gasteiger partial charge < -0.3 is 0 Å². The fourth-order valence-corrected chi connectivity index (χ4v) is 1.27. The predicted octanol–water partition coefficient (Wildman–Crippen LogP) is 2.80. The summed E-state index contributed by atoms with van der Waals surface area (Å²) in [4.78, 5) is 16.0. The molecule has 0 unspecified atom stereocenters. The summed E-state index contributed by atoms with van der Waals surface area (Å²) in [6.07, 6.45) is 6.83. The second kappa shape index (κ2) is 5.81. The molecule has 0 saturated heterocycles. The van der Waals surface area contributed by atoms with Crippen molar-refractivity contribution in [2.45, 2.75) is 13.3 Å². The van der Waals surface area contributed by atoms with Gasteiger partial charge in [0, 0.05) is 17.5 Å². The number of pyridine rings is 1. The summed E-state index contributed by atoms with van der Waals surface area (Å²) >= 11 is 0. The summed E-state index contributed by atoms with van der Waals surface area (Å²) in [7, 11) is 0. The first kappa shape index (κ1) is 12.1. The predicted molar refractivity (Wildman–Crippen MR) is 66.2 cm³/mol. The van der Waals surface area contributed by atoms with Gasteiger partial charge in [0.1, 0.15) is 0 Å². The maximum Gasteiger partial charge on any atom is 0.168 e. The van der Waals surface area contributed by atoms with Gasteiger partial charge in [-0.05, 0) is 18.6 Å². The average Bonchev–Trinajstić information content (AvgIpc) is 2.29. The summed E-state index contributed by atoms with van der Waals surface area (Å²) in [5.41, 5.74) is 2.42. The summed E-state index contributed by atoms with van der Waals surface area (Å²) in [6, 6.07) is 3.81. The van der Waals surface area contributed by atoms with E-state index in [0.29, 0.717) is 12.0 Å². The third kappa shape index (κ3) is 3.31. The Bertz CT molecular complexity index is 427. The Balaban J connectivity index is 2.78. The third-order valence-electron chi connectivity index (χ3n) is 2.15. The van der Waals surface area contributed by atoms with Gasteiger partial charge >= 0.3 is 0 Å². The number of hydrogen-bond donors (Lipinski definition) is 0. The van der Waals surface area contributed by atoms with E-state index in [1.807, 2.05) is 19.1 Å². The van der Waals surface area contributed by atoms with Crippen LogP contribution in [0.4, 0.5) is 0 Å². The molecule has 0 aromatic carbocycles. The Morgan fingerprint density at radius 3 is 2.69 bits per heavy atom. The van der Waals surface area contributed by atoms with Gasteiger partial charge in [-0.15, -0.1) is 0 Å². The number of aryl methyl sites for hydroxylation is 1. The highest BCUT2D eigenvalue weighted by Gasteiger charge is 2.07. The average molecular weight is 213 g/mol. The molecule has 0 bridgehead atoms. The first-order valence-electron chi connectivity index (χ1n) is 5.07. The normalized spacial score (nSPS) is 10.9. The molecule has 0 amide bonds. The van der Waals surface area contributed by atoms with Crippen LogP contribution in [0.5, 0.6) is 0 Å². The van der Waals surface area contributed by atoms with E-state index in [1.165, 1.54) is 6.08 Å². The van der Waals surface area contributed by atoms with Crippen LogP contribution in [0.15, 0.2) is 55.3 Å². The zero-order chi connectivity index (χ0) is 12.0. The van der Waals surface area contributed by atoms with Crippen LogP contribution in [0.25, 0.3) is 0 Å². The van der Waals surface area contributed by atoms with E-state index in [1.54, 1.807) is 18.3 Å². The van der Waals surface area contributed by atoms with Crippen molar-refractivity contribution in [1.29, 1.82) is 0 Å². The van der Waals surface area contributed by atoms with E-state index in [4.69, 9.17) is 0 Å². The smallest absolute Gasteiger partial charge is 0.168 e. The standard InChI is InChI=1S/C14H15NO/c1-4-6-12(5-2)14(16)9-13-8-7-11(3)10-15-13/h4-8,10H,1-2,9H2,3H3/b12-6+. The number of ketones is 1. The molecular formula is C14H15NO. The van der Waals surface area contributed by atoms with E-state index < -0.39 is 0 Å². The topological polar surface area (TPSA) is 30.0 Å². The number of hydrogen-bond acceptors (Lipinski definition) is 2. The van der Waals surface area contributed by atoms with Gasteiger partial charge in [-0.2, -0.15) is 0 Å². The van der Waals surface area contributed by atoms with Crippen molar-refractivity contribution in [3.8, 4) is 0 Å². The highest BCUT2D eigenvalue weighted by Crippen LogP contribution is 2.06. The lowest BCUT2D eigenvalue weighted by molar-refractivity contribution is -0.114. The molecule has 2 heteroatoms. The lowest BCUT2D eigenvalue weighted by atomic mass is 10.1. The number of Topliss-reactive ketones (excluding diaryl/α,β-unsaturated/α-hetero) is 1. The lowest BCUT2D eigenvalue weighted by Crippen LogP contribution is -2.06. The molecule has 1 rings (SSSR count). The monoisotopic (exact) mass is 213 g/mol. The van der Waals surface area contributed by atoms with Crippen LogP contribution in [-0.2, 0) is 11.2 Å². The first-order chi connectivity index (χ1) is 7.67. The van der Waals surface area contributed by atoms with Crippen LogP contribution >= 0.6 is 0 Å². The quantitative estimate of drug-likeness (QED) is 0.556. The SMILES string of the molecule is C=C/C=C(\C=C)C(=O)Cc1ccc(C)cn1. The van der Waals surface area contributed by atoms with E-state index in [9.17, 15) is 4.79 Å². The number of allylic oxidation sites excluding steroid dienone is 4. The molecule has 0 spiro atoms. The number of nitrogens with zero attached hydrogens (tertiary/aromatic N) is 1. The minimum atomic E-state index is 0.00579. The van der Waals surface area contributed by atoms with Crippen LogP contribution in [0.3, 0.4) is 0 Å². The van der Waals surface area contributed by atoms with E-state index in [-0.39, 0.29) is 5.78 Å². The molecule has 0 N–H and O–H groups in total. The molecule has 1 heterocycles. The van der Waals surface area contributed by atoms with Crippen LogP contribution in [-0.4, -0.2) is 10.8 Å². The summed E-state index contributed by atoms with van der Waals surface area (Å²) in [6.45, 7) is 9.12. The number of rotatable bonds is 5. The second-order valence-corrected chi connectivity index (χ2v) is 3.49. The Morgan fingerprint density at radius 1 is 1.44 bits per heavy atom. The molecule has 0 aliphatic rings. The summed E-state index contributed by atoms with van der Waals surface area (Å²) in [5, 5.41) is 0. The van der Waals surface area contributed by atoms with Gasteiger partial charge in [0.2, 0.25) is 0 Å². The second-order valence-electron chi connectivity index (χ2n) is 3.49.